The Bertz CT molecular complexity index is 1250. The fraction of sp³-hybridized carbons (Fsp3) is 0.333. The van der Waals surface area contributed by atoms with E-state index in [0.29, 0.717) is 28.3 Å². The lowest BCUT2D eigenvalue weighted by Gasteiger charge is -2.41. The summed E-state index contributed by atoms with van der Waals surface area (Å²) >= 11 is 1.62. The molecule has 1 aliphatic rings. The summed E-state index contributed by atoms with van der Waals surface area (Å²) < 4.78 is 12.9. The van der Waals surface area contributed by atoms with Gasteiger partial charge in [-0.25, -0.2) is 0 Å². The molecule has 1 amide bonds. The Morgan fingerprint density at radius 1 is 0.921 bits per heavy atom. The fourth-order valence-corrected chi connectivity index (χ4v) is 5.33. The van der Waals surface area contributed by atoms with Gasteiger partial charge in [-0.05, 0) is 42.3 Å². The molecule has 0 saturated carbocycles. The summed E-state index contributed by atoms with van der Waals surface area (Å²) in [7, 11) is 0. The standard InChI is InChI=1S/C30H33NO6S/c1-19-27(18-38-14-13-32)36-30(37-28(19)22-11-9-21(17-33)10-12-22)25-7-3-6-24(15-25)29(35)31-26-8-4-5-23(16-26)20(2)34/h3-12,15-16,19,27-28,30,32-33H,13-14,17-18H2,1-2H3,(H,31,35). The molecule has 0 spiro atoms. The molecule has 0 aliphatic carbocycles. The summed E-state index contributed by atoms with van der Waals surface area (Å²) in [5.41, 5.74) is 4.04. The van der Waals surface area contributed by atoms with Crippen LogP contribution in [0.3, 0.4) is 0 Å². The maximum absolute atomic E-state index is 13.0. The molecule has 1 saturated heterocycles. The number of Topliss-reactive ketones (excluding diaryl/α,β-unsaturated/α-hetero) is 1. The number of carbonyl (C=O) groups excluding carboxylic acids is 2. The van der Waals surface area contributed by atoms with E-state index < -0.39 is 6.29 Å². The van der Waals surface area contributed by atoms with Gasteiger partial charge in [0.1, 0.15) is 0 Å². The summed E-state index contributed by atoms with van der Waals surface area (Å²) in [6.45, 7) is 3.65. The van der Waals surface area contributed by atoms with Crippen molar-refractivity contribution in [2.45, 2.75) is 39.0 Å². The van der Waals surface area contributed by atoms with Crippen LogP contribution in [0.5, 0.6) is 0 Å². The lowest BCUT2D eigenvalue weighted by atomic mass is 9.91. The topological polar surface area (TPSA) is 105 Å². The molecule has 4 unspecified atom stereocenters. The van der Waals surface area contributed by atoms with Gasteiger partial charge in [-0.3, -0.25) is 9.59 Å². The van der Waals surface area contributed by atoms with Crippen LogP contribution in [0.15, 0.2) is 72.8 Å². The van der Waals surface area contributed by atoms with E-state index in [9.17, 15) is 19.8 Å². The van der Waals surface area contributed by atoms with Gasteiger partial charge in [-0.15, -0.1) is 0 Å². The maximum atomic E-state index is 13.0. The van der Waals surface area contributed by atoms with Crippen LogP contribution in [-0.4, -0.2) is 46.1 Å². The number of aliphatic hydroxyl groups is 2. The lowest BCUT2D eigenvalue weighted by Crippen LogP contribution is -2.38. The molecule has 0 bridgehead atoms. The predicted molar refractivity (Wildman–Crippen MR) is 148 cm³/mol. The molecule has 1 fully saturated rings. The van der Waals surface area contributed by atoms with Gasteiger partial charge in [0.2, 0.25) is 0 Å². The number of aliphatic hydroxyl groups excluding tert-OH is 2. The summed E-state index contributed by atoms with van der Waals surface area (Å²) in [5, 5.41) is 21.5. The molecule has 4 rings (SSSR count). The van der Waals surface area contributed by atoms with Crippen molar-refractivity contribution in [3.05, 3.63) is 101 Å². The van der Waals surface area contributed by atoms with Crippen molar-refractivity contribution >= 4 is 29.1 Å². The largest absolute Gasteiger partial charge is 0.396 e. The molecular formula is C30H33NO6S. The number of amides is 1. The first kappa shape index (κ1) is 28.0. The van der Waals surface area contributed by atoms with E-state index >= 15 is 0 Å². The Hall–Kier alpha value is -3.01. The van der Waals surface area contributed by atoms with E-state index in [2.05, 4.69) is 12.2 Å². The molecule has 1 heterocycles. The van der Waals surface area contributed by atoms with Gasteiger partial charge >= 0.3 is 0 Å². The highest BCUT2D eigenvalue weighted by atomic mass is 32.2. The highest BCUT2D eigenvalue weighted by Crippen LogP contribution is 2.42. The molecule has 3 N–H and O–H groups in total. The second kappa shape index (κ2) is 13.2. The number of nitrogens with one attached hydrogen (secondary N) is 1. The van der Waals surface area contributed by atoms with E-state index in [0.717, 1.165) is 16.7 Å². The Kier molecular flexibility index (Phi) is 9.71. The van der Waals surface area contributed by atoms with E-state index in [4.69, 9.17) is 9.47 Å². The molecule has 38 heavy (non-hydrogen) atoms. The number of rotatable bonds is 10. The zero-order valence-corrected chi connectivity index (χ0v) is 22.3. The van der Waals surface area contributed by atoms with Crippen LogP contribution in [0, 0.1) is 5.92 Å². The minimum Gasteiger partial charge on any atom is -0.396 e. The van der Waals surface area contributed by atoms with Gasteiger partial charge in [-0.1, -0.05) is 55.5 Å². The van der Waals surface area contributed by atoms with Crippen LogP contribution >= 0.6 is 11.8 Å². The number of carbonyl (C=O) groups is 2. The molecule has 8 heteroatoms. The quantitative estimate of drug-likeness (QED) is 0.244. The van der Waals surface area contributed by atoms with Crippen molar-refractivity contribution in [2.24, 2.45) is 5.92 Å². The average molecular weight is 536 g/mol. The van der Waals surface area contributed by atoms with Gasteiger partial charge in [0.25, 0.3) is 5.91 Å². The molecular weight excluding hydrogens is 502 g/mol. The Morgan fingerprint density at radius 3 is 2.37 bits per heavy atom. The summed E-state index contributed by atoms with van der Waals surface area (Å²) in [6, 6.07) is 21.7. The molecule has 4 atom stereocenters. The van der Waals surface area contributed by atoms with E-state index in [-0.39, 0.29) is 43.0 Å². The Labute approximate surface area is 227 Å². The van der Waals surface area contributed by atoms with Crippen molar-refractivity contribution in [1.82, 2.24) is 0 Å². The number of ketones is 1. The van der Waals surface area contributed by atoms with Crippen LogP contribution in [0.25, 0.3) is 0 Å². The van der Waals surface area contributed by atoms with Crippen LogP contribution < -0.4 is 5.32 Å². The molecule has 0 aromatic heterocycles. The number of benzene rings is 3. The van der Waals surface area contributed by atoms with Gasteiger partial charge < -0.3 is 25.0 Å². The molecule has 0 radical (unpaired) electrons. The minimum atomic E-state index is -0.692. The third kappa shape index (κ3) is 6.89. The number of thioether (sulfide) groups is 1. The van der Waals surface area contributed by atoms with Crippen molar-refractivity contribution in [3.8, 4) is 0 Å². The monoisotopic (exact) mass is 535 g/mol. The fourth-order valence-electron chi connectivity index (χ4n) is 4.42. The first-order chi connectivity index (χ1) is 18.4. The Morgan fingerprint density at radius 2 is 1.66 bits per heavy atom. The van der Waals surface area contributed by atoms with Crippen molar-refractivity contribution in [1.29, 1.82) is 0 Å². The van der Waals surface area contributed by atoms with Gasteiger partial charge in [0.05, 0.1) is 25.4 Å². The second-order valence-corrected chi connectivity index (χ2v) is 10.5. The zero-order chi connectivity index (χ0) is 27.1. The van der Waals surface area contributed by atoms with E-state index in [1.54, 1.807) is 54.2 Å². The maximum Gasteiger partial charge on any atom is 0.255 e. The van der Waals surface area contributed by atoms with Gasteiger partial charge in [0, 0.05) is 39.8 Å². The van der Waals surface area contributed by atoms with Crippen molar-refractivity contribution < 1.29 is 29.3 Å². The normalized spacial score (nSPS) is 21.2. The molecule has 200 valence electrons. The summed E-state index contributed by atoms with van der Waals surface area (Å²) in [5.74, 6) is 0.977. The predicted octanol–water partition coefficient (Wildman–Crippen LogP) is 5.15. The average Bonchev–Trinajstić information content (AvgIpc) is 2.94. The lowest BCUT2D eigenvalue weighted by molar-refractivity contribution is -0.268. The second-order valence-electron chi connectivity index (χ2n) is 9.34. The molecule has 3 aromatic carbocycles. The third-order valence-electron chi connectivity index (χ3n) is 6.59. The van der Waals surface area contributed by atoms with Crippen LogP contribution in [0.2, 0.25) is 0 Å². The van der Waals surface area contributed by atoms with Gasteiger partial charge in [0.15, 0.2) is 12.1 Å². The first-order valence-corrected chi connectivity index (χ1v) is 13.8. The van der Waals surface area contributed by atoms with Crippen molar-refractivity contribution in [3.63, 3.8) is 0 Å². The van der Waals surface area contributed by atoms with Crippen molar-refractivity contribution in [2.75, 3.05) is 23.4 Å². The van der Waals surface area contributed by atoms with Crippen LogP contribution in [0.1, 0.15) is 63.6 Å². The smallest absolute Gasteiger partial charge is 0.255 e. The first-order valence-electron chi connectivity index (χ1n) is 12.6. The zero-order valence-electron chi connectivity index (χ0n) is 21.5. The number of anilines is 1. The highest BCUT2D eigenvalue weighted by molar-refractivity contribution is 7.99. The number of hydrogen-bond acceptors (Lipinski definition) is 7. The summed E-state index contributed by atoms with van der Waals surface area (Å²) in [6.07, 6.45) is -1.09. The molecule has 7 nitrogen and oxygen atoms in total. The summed E-state index contributed by atoms with van der Waals surface area (Å²) in [4.78, 5) is 24.7. The Balaban J connectivity index is 1.56. The number of hydrogen-bond donors (Lipinski definition) is 3. The molecule has 1 aliphatic heterocycles. The van der Waals surface area contributed by atoms with E-state index in [1.165, 1.54) is 6.92 Å². The van der Waals surface area contributed by atoms with Gasteiger partial charge in [-0.2, -0.15) is 11.8 Å². The minimum absolute atomic E-state index is 0.0264. The van der Waals surface area contributed by atoms with E-state index in [1.807, 2.05) is 30.3 Å². The van der Waals surface area contributed by atoms with Crippen LogP contribution in [0.4, 0.5) is 5.69 Å². The third-order valence-corrected chi connectivity index (χ3v) is 7.62. The SMILES string of the molecule is CC(=O)c1cccc(NC(=O)c2cccc(C3OC(CSCCO)C(C)C(c4ccc(CO)cc4)O3)c2)c1. The molecule has 3 aromatic rings. The van der Waals surface area contributed by atoms with Crippen LogP contribution in [-0.2, 0) is 16.1 Å². The highest BCUT2D eigenvalue weighted by Gasteiger charge is 2.38. The number of ether oxygens (including phenoxy) is 2.